The number of nitrogen functional groups attached to an aromatic ring is 1. The van der Waals surface area contributed by atoms with Gasteiger partial charge in [-0.05, 0) is 38.5 Å². The number of aryl methyl sites for hydroxylation is 1. The first-order chi connectivity index (χ1) is 9.22. The van der Waals surface area contributed by atoms with Gasteiger partial charge in [0.1, 0.15) is 0 Å². The van der Waals surface area contributed by atoms with E-state index in [9.17, 15) is 9.59 Å². The average Bonchev–Trinajstić information content (AvgIpc) is 2.30. The normalized spacial score (nSPS) is 10.4. The van der Waals surface area contributed by atoms with Gasteiger partial charge in [0, 0.05) is 24.5 Å². The fraction of sp³-hybridized carbons (Fsp3) is 0.429. The van der Waals surface area contributed by atoms with Crippen LogP contribution in [0.1, 0.15) is 29.8 Å². The molecule has 1 aromatic rings. The zero-order chi connectivity index (χ0) is 15.4. The molecule has 1 rings (SSSR count). The Hall–Kier alpha value is -2.24. The summed E-state index contributed by atoms with van der Waals surface area (Å²) in [6.07, 6.45) is 0. The molecular weight excluding hydrogens is 258 g/mol. The number of carbonyl (C=O) groups excluding carboxylic acids is 1. The largest absolute Gasteiger partial charge is 0.478 e. The molecule has 1 amide bonds. The van der Waals surface area contributed by atoms with Gasteiger partial charge in [-0.1, -0.05) is 0 Å². The molecule has 0 unspecified atom stereocenters. The SMILES string of the molecule is Cc1cc(N(C)CC(=O)NC(C)C)cc(C(=O)O)c1N. The third-order valence-corrected chi connectivity index (χ3v) is 2.87. The number of hydrogen-bond acceptors (Lipinski definition) is 4. The van der Waals surface area contributed by atoms with E-state index in [1.165, 1.54) is 6.07 Å². The van der Waals surface area contributed by atoms with Gasteiger partial charge in [-0.3, -0.25) is 4.79 Å². The number of hydrogen-bond donors (Lipinski definition) is 3. The molecule has 1 aromatic carbocycles. The fourth-order valence-electron chi connectivity index (χ4n) is 1.85. The van der Waals surface area contributed by atoms with Gasteiger partial charge >= 0.3 is 5.97 Å². The van der Waals surface area contributed by atoms with Crippen LogP contribution in [-0.2, 0) is 4.79 Å². The standard InChI is InChI=1S/C14H21N3O3/c1-8(2)16-12(18)7-17(4)10-5-9(3)13(15)11(6-10)14(19)20/h5-6,8H,7,15H2,1-4H3,(H,16,18)(H,19,20). The van der Waals surface area contributed by atoms with Gasteiger partial charge in [-0.15, -0.1) is 0 Å². The number of aromatic carboxylic acids is 1. The summed E-state index contributed by atoms with van der Waals surface area (Å²) in [5.74, 6) is -1.19. The molecule has 6 heteroatoms. The predicted octanol–water partition coefficient (Wildman–Crippen LogP) is 1.24. The van der Waals surface area contributed by atoms with Crippen molar-refractivity contribution in [3.05, 3.63) is 23.3 Å². The minimum Gasteiger partial charge on any atom is -0.478 e. The molecule has 0 saturated carbocycles. The number of carboxylic acid groups (broad SMARTS) is 1. The quantitative estimate of drug-likeness (QED) is 0.705. The second-order valence-corrected chi connectivity index (χ2v) is 5.11. The van der Waals surface area contributed by atoms with Crippen molar-refractivity contribution < 1.29 is 14.7 Å². The Balaban J connectivity index is 2.96. The second-order valence-electron chi connectivity index (χ2n) is 5.11. The summed E-state index contributed by atoms with van der Waals surface area (Å²) in [7, 11) is 1.73. The van der Waals surface area contributed by atoms with E-state index in [1.807, 2.05) is 13.8 Å². The highest BCUT2D eigenvalue weighted by Gasteiger charge is 2.15. The number of carboxylic acids is 1. The van der Waals surface area contributed by atoms with Crippen LogP contribution < -0.4 is 16.0 Å². The molecule has 0 spiro atoms. The number of likely N-dealkylation sites (N-methyl/N-ethyl adjacent to an activating group) is 1. The van der Waals surface area contributed by atoms with Gasteiger partial charge in [-0.25, -0.2) is 4.79 Å². The number of nitrogens with one attached hydrogen (secondary N) is 1. The second kappa shape index (κ2) is 6.27. The molecule has 0 fully saturated rings. The van der Waals surface area contributed by atoms with Crippen LogP contribution in [0.3, 0.4) is 0 Å². The van der Waals surface area contributed by atoms with Crippen LogP contribution in [0, 0.1) is 6.92 Å². The number of nitrogens with two attached hydrogens (primary N) is 1. The number of nitrogens with zero attached hydrogens (tertiary/aromatic N) is 1. The molecule has 0 radical (unpaired) electrons. The Bertz CT molecular complexity index is 527. The monoisotopic (exact) mass is 279 g/mol. The lowest BCUT2D eigenvalue weighted by atomic mass is 10.1. The summed E-state index contributed by atoms with van der Waals surface area (Å²) >= 11 is 0. The molecular formula is C14H21N3O3. The van der Waals surface area contributed by atoms with Crippen LogP contribution in [0.4, 0.5) is 11.4 Å². The van der Waals surface area contributed by atoms with E-state index < -0.39 is 5.97 Å². The van der Waals surface area contributed by atoms with Crippen LogP contribution in [0.5, 0.6) is 0 Å². The van der Waals surface area contributed by atoms with Crippen LogP contribution in [0.25, 0.3) is 0 Å². The Morgan fingerprint density at radius 2 is 2.00 bits per heavy atom. The third kappa shape index (κ3) is 3.88. The summed E-state index contributed by atoms with van der Waals surface area (Å²) in [5.41, 5.74) is 7.37. The number of carbonyl (C=O) groups is 2. The van der Waals surface area contributed by atoms with Crippen molar-refractivity contribution in [3.8, 4) is 0 Å². The highest BCUT2D eigenvalue weighted by molar-refractivity contribution is 5.96. The first-order valence-corrected chi connectivity index (χ1v) is 6.36. The molecule has 0 atom stereocenters. The van der Waals surface area contributed by atoms with E-state index in [-0.39, 0.29) is 29.7 Å². The van der Waals surface area contributed by atoms with E-state index in [2.05, 4.69) is 5.32 Å². The molecule has 0 heterocycles. The van der Waals surface area contributed by atoms with Gasteiger partial charge in [0.15, 0.2) is 0 Å². The summed E-state index contributed by atoms with van der Waals surface area (Å²) < 4.78 is 0. The lowest BCUT2D eigenvalue weighted by Crippen LogP contribution is -2.38. The minimum atomic E-state index is -1.08. The van der Waals surface area contributed by atoms with Gasteiger partial charge < -0.3 is 21.1 Å². The molecule has 20 heavy (non-hydrogen) atoms. The van der Waals surface area contributed by atoms with Gasteiger partial charge in [0.2, 0.25) is 5.91 Å². The highest BCUT2D eigenvalue weighted by atomic mass is 16.4. The maximum absolute atomic E-state index is 11.7. The summed E-state index contributed by atoms with van der Waals surface area (Å²) in [5, 5.41) is 11.9. The van der Waals surface area contributed by atoms with Crippen LogP contribution >= 0.6 is 0 Å². The van der Waals surface area contributed by atoms with E-state index in [4.69, 9.17) is 10.8 Å². The zero-order valence-electron chi connectivity index (χ0n) is 12.2. The van der Waals surface area contributed by atoms with Gasteiger partial charge in [0.05, 0.1) is 12.1 Å². The molecule has 4 N–H and O–H groups in total. The van der Waals surface area contributed by atoms with Crippen molar-refractivity contribution >= 4 is 23.3 Å². The van der Waals surface area contributed by atoms with Crippen molar-refractivity contribution in [2.45, 2.75) is 26.8 Å². The number of anilines is 2. The van der Waals surface area contributed by atoms with E-state index >= 15 is 0 Å². The molecule has 0 bridgehead atoms. The first kappa shape index (κ1) is 15.8. The Labute approximate surface area is 118 Å². The highest BCUT2D eigenvalue weighted by Crippen LogP contribution is 2.24. The molecule has 0 aliphatic rings. The van der Waals surface area contributed by atoms with Crippen molar-refractivity contribution in [3.63, 3.8) is 0 Å². The van der Waals surface area contributed by atoms with E-state index in [1.54, 1.807) is 24.9 Å². The molecule has 0 aliphatic heterocycles. The average molecular weight is 279 g/mol. The van der Waals surface area contributed by atoms with Gasteiger partial charge in [-0.2, -0.15) is 0 Å². The first-order valence-electron chi connectivity index (χ1n) is 6.36. The molecule has 0 saturated heterocycles. The third-order valence-electron chi connectivity index (χ3n) is 2.87. The molecule has 0 aromatic heterocycles. The lowest BCUT2D eigenvalue weighted by Gasteiger charge is -2.21. The van der Waals surface area contributed by atoms with E-state index in [0.29, 0.717) is 11.3 Å². The fourth-order valence-corrected chi connectivity index (χ4v) is 1.85. The van der Waals surface area contributed by atoms with Crippen molar-refractivity contribution in [2.24, 2.45) is 0 Å². The number of rotatable bonds is 5. The van der Waals surface area contributed by atoms with Crippen LogP contribution in [-0.4, -0.2) is 36.6 Å². The molecule has 6 nitrogen and oxygen atoms in total. The van der Waals surface area contributed by atoms with Crippen molar-refractivity contribution in [2.75, 3.05) is 24.2 Å². The summed E-state index contributed by atoms with van der Waals surface area (Å²) in [6.45, 7) is 5.66. The maximum atomic E-state index is 11.7. The minimum absolute atomic E-state index is 0.0520. The smallest absolute Gasteiger partial charge is 0.337 e. The van der Waals surface area contributed by atoms with Gasteiger partial charge in [0.25, 0.3) is 0 Å². The Kier molecular flexibility index (Phi) is 4.96. The van der Waals surface area contributed by atoms with Crippen LogP contribution in [0.2, 0.25) is 0 Å². The van der Waals surface area contributed by atoms with E-state index in [0.717, 1.165) is 0 Å². The number of amides is 1. The van der Waals surface area contributed by atoms with Crippen molar-refractivity contribution in [1.29, 1.82) is 0 Å². The van der Waals surface area contributed by atoms with Crippen LogP contribution in [0.15, 0.2) is 12.1 Å². The van der Waals surface area contributed by atoms with Crippen molar-refractivity contribution in [1.82, 2.24) is 5.32 Å². The molecule has 0 aliphatic carbocycles. The zero-order valence-corrected chi connectivity index (χ0v) is 12.2. The number of benzene rings is 1. The summed E-state index contributed by atoms with van der Waals surface area (Å²) in [6, 6.07) is 3.32. The summed E-state index contributed by atoms with van der Waals surface area (Å²) in [4.78, 5) is 24.5. The predicted molar refractivity (Wildman–Crippen MR) is 79.1 cm³/mol. The Morgan fingerprint density at radius 1 is 1.40 bits per heavy atom. The Morgan fingerprint density at radius 3 is 2.50 bits per heavy atom. The molecule has 110 valence electrons. The topological polar surface area (TPSA) is 95.7 Å². The maximum Gasteiger partial charge on any atom is 0.337 e. The lowest BCUT2D eigenvalue weighted by molar-refractivity contribution is -0.120.